The number of aliphatic imine (C=N–C) groups is 1. The third kappa shape index (κ3) is 4.76. The average molecular weight is 292 g/mol. The Morgan fingerprint density at radius 3 is 2.67 bits per heavy atom. The zero-order valence-corrected chi connectivity index (χ0v) is 13.7. The molecule has 0 amide bonds. The first-order valence-electron chi connectivity index (χ1n) is 7.99. The highest BCUT2D eigenvalue weighted by molar-refractivity contribution is 5.80. The molecule has 0 saturated heterocycles. The quantitative estimate of drug-likeness (QED) is 0.661. The highest BCUT2D eigenvalue weighted by Crippen LogP contribution is 2.22. The second kappa shape index (κ2) is 6.96. The van der Waals surface area contributed by atoms with E-state index in [2.05, 4.69) is 48.3 Å². The normalized spacial score (nSPS) is 17.2. The van der Waals surface area contributed by atoms with Crippen LogP contribution in [0.5, 0.6) is 0 Å². The van der Waals surface area contributed by atoms with Gasteiger partial charge in [0.05, 0.1) is 6.20 Å². The highest BCUT2D eigenvalue weighted by Gasteiger charge is 2.19. The summed E-state index contributed by atoms with van der Waals surface area (Å²) in [4.78, 5) is 8.90. The Balaban J connectivity index is 1.96. The number of nitrogens with zero attached hydrogens (tertiary/aromatic N) is 2. The van der Waals surface area contributed by atoms with Crippen LogP contribution in [0.25, 0.3) is 0 Å². The summed E-state index contributed by atoms with van der Waals surface area (Å²) in [6, 6.07) is 0.553. The van der Waals surface area contributed by atoms with E-state index in [1.807, 2.05) is 6.20 Å². The minimum absolute atomic E-state index is 0.0123. The molecular formula is C16H28N4O. The lowest BCUT2D eigenvalue weighted by Gasteiger charge is -2.16. The van der Waals surface area contributed by atoms with Crippen LogP contribution in [-0.4, -0.2) is 23.5 Å². The third-order valence-electron chi connectivity index (χ3n) is 3.71. The fourth-order valence-corrected chi connectivity index (χ4v) is 2.46. The van der Waals surface area contributed by atoms with E-state index in [-0.39, 0.29) is 5.41 Å². The van der Waals surface area contributed by atoms with Crippen LogP contribution in [0.3, 0.4) is 0 Å². The minimum atomic E-state index is -0.0123. The maximum absolute atomic E-state index is 5.77. The van der Waals surface area contributed by atoms with Crippen LogP contribution in [0, 0.1) is 0 Å². The van der Waals surface area contributed by atoms with Gasteiger partial charge in [0.25, 0.3) is 0 Å². The molecule has 1 aliphatic rings. The van der Waals surface area contributed by atoms with Crippen molar-refractivity contribution in [2.75, 3.05) is 6.54 Å². The molecule has 0 spiro atoms. The number of hydrogen-bond acceptors (Lipinski definition) is 3. The number of aromatic nitrogens is 1. The molecule has 1 saturated carbocycles. The second-order valence-corrected chi connectivity index (χ2v) is 6.69. The van der Waals surface area contributed by atoms with Crippen molar-refractivity contribution in [3.63, 3.8) is 0 Å². The molecule has 2 rings (SSSR count). The summed E-state index contributed by atoms with van der Waals surface area (Å²) in [7, 11) is 0. The molecule has 1 aromatic heterocycles. The van der Waals surface area contributed by atoms with Crippen LogP contribution in [0.15, 0.2) is 15.6 Å². The van der Waals surface area contributed by atoms with E-state index in [1.54, 1.807) is 0 Å². The van der Waals surface area contributed by atoms with E-state index in [1.165, 1.54) is 25.7 Å². The molecule has 21 heavy (non-hydrogen) atoms. The molecule has 1 heterocycles. The van der Waals surface area contributed by atoms with Gasteiger partial charge in [0.1, 0.15) is 12.3 Å². The Morgan fingerprint density at radius 1 is 1.38 bits per heavy atom. The summed E-state index contributed by atoms with van der Waals surface area (Å²) >= 11 is 0. The van der Waals surface area contributed by atoms with Crippen LogP contribution >= 0.6 is 0 Å². The van der Waals surface area contributed by atoms with Gasteiger partial charge in [-0.05, 0) is 19.8 Å². The zero-order valence-electron chi connectivity index (χ0n) is 13.7. The molecule has 5 nitrogen and oxygen atoms in total. The van der Waals surface area contributed by atoms with Gasteiger partial charge in [-0.25, -0.2) is 9.98 Å². The van der Waals surface area contributed by atoms with Gasteiger partial charge >= 0.3 is 0 Å². The number of rotatable bonds is 4. The molecule has 2 N–H and O–H groups in total. The molecule has 0 aliphatic heterocycles. The molecule has 1 fully saturated rings. The lowest BCUT2D eigenvalue weighted by Crippen LogP contribution is -2.42. The van der Waals surface area contributed by atoms with Crippen molar-refractivity contribution in [3.8, 4) is 0 Å². The van der Waals surface area contributed by atoms with Gasteiger partial charge in [0.15, 0.2) is 5.96 Å². The lowest BCUT2D eigenvalue weighted by atomic mass is 9.94. The third-order valence-corrected chi connectivity index (χ3v) is 3.71. The monoisotopic (exact) mass is 292 g/mol. The predicted molar refractivity (Wildman–Crippen MR) is 85.4 cm³/mol. The molecule has 0 radical (unpaired) electrons. The Bertz CT molecular complexity index is 467. The molecule has 0 aromatic carbocycles. The van der Waals surface area contributed by atoms with E-state index < -0.39 is 0 Å². The van der Waals surface area contributed by atoms with E-state index in [9.17, 15) is 0 Å². The smallest absolute Gasteiger partial charge is 0.216 e. The van der Waals surface area contributed by atoms with Crippen LogP contribution in [-0.2, 0) is 12.0 Å². The van der Waals surface area contributed by atoms with Crippen LogP contribution in [0.1, 0.15) is 65.0 Å². The Morgan fingerprint density at radius 2 is 2.10 bits per heavy atom. The van der Waals surface area contributed by atoms with E-state index in [4.69, 9.17) is 4.42 Å². The summed E-state index contributed by atoms with van der Waals surface area (Å²) in [5, 5.41) is 6.78. The summed E-state index contributed by atoms with van der Waals surface area (Å²) in [5.74, 6) is 2.44. The molecule has 118 valence electrons. The lowest BCUT2D eigenvalue weighted by molar-refractivity contribution is 0.383. The van der Waals surface area contributed by atoms with Gasteiger partial charge in [0.2, 0.25) is 5.89 Å². The molecular weight excluding hydrogens is 264 g/mol. The topological polar surface area (TPSA) is 62.5 Å². The van der Waals surface area contributed by atoms with Gasteiger partial charge in [-0.15, -0.1) is 0 Å². The van der Waals surface area contributed by atoms with Crippen molar-refractivity contribution in [1.29, 1.82) is 0 Å². The van der Waals surface area contributed by atoms with E-state index >= 15 is 0 Å². The number of oxazole rings is 1. The standard InChI is InChI=1S/C16H28N4O/c1-5-17-15(20-12-8-6-7-9-12)19-11-14-18-10-13(21-14)16(2,3)4/h10,12H,5-9,11H2,1-4H3,(H2,17,19,20). The largest absolute Gasteiger partial charge is 0.443 e. The van der Waals surface area contributed by atoms with Crippen LogP contribution < -0.4 is 10.6 Å². The Labute approximate surface area is 127 Å². The van der Waals surface area contributed by atoms with Gasteiger partial charge in [-0.1, -0.05) is 33.6 Å². The molecule has 0 unspecified atom stereocenters. The Hall–Kier alpha value is -1.52. The van der Waals surface area contributed by atoms with Crippen molar-refractivity contribution in [2.45, 2.75) is 71.4 Å². The van der Waals surface area contributed by atoms with Gasteiger partial charge in [0, 0.05) is 18.0 Å². The van der Waals surface area contributed by atoms with Crippen molar-refractivity contribution in [1.82, 2.24) is 15.6 Å². The maximum atomic E-state index is 5.77. The first kappa shape index (κ1) is 15.9. The first-order valence-corrected chi connectivity index (χ1v) is 7.99. The van der Waals surface area contributed by atoms with Crippen molar-refractivity contribution >= 4 is 5.96 Å². The van der Waals surface area contributed by atoms with Gasteiger partial charge in [-0.3, -0.25) is 0 Å². The van der Waals surface area contributed by atoms with Crippen LogP contribution in [0.4, 0.5) is 0 Å². The summed E-state index contributed by atoms with van der Waals surface area (Å²) in [5.41, 5.74) is -0.0123. The Kier molecular flexibility index (Phi) is 5.26. The van der Waals surface area contributed by atoms with Crippen molar-refractivity contribution in [3.05, 3.63) is 17.8 Å². The average Bonchev–Trinajstić information content (AvgIpc) is 3.06. The van der Waals surface area contributed by atoms with Gasteiger partial charge in [-0.2, -0.15) is 0 Å². The molecule has 0 atom stereocenters. The fourth-order valence-electron chi connectivity index (χ4n) is 2.46. The summed E-state index contributed by atoms with van der Waals surface area (Å²) in [6.45, 7) is 9.76. The molecule has 1 aromatic rings. The zero-order chi connectivity index (χ0) is 15.3. The van der Waals surface area contributed by atoms with E-state index in [0.717, 1.165) is 18.3 Å². The van der Waals surface area contributed by atoms with E-state index in [0.29, 0.717) is 18.5 Å². The van der Waals surface area contributed by atoms with Gasteiger partial charge < -0.3 is 15.1 Å². The maximum Gasteiger partial charge on any atom is 0.216 e. The second-order valence-electron chi connectivity index (χ2n) is 6.69. The van der Waals surface area contributed by atoms with Crippen LogP contribution in [0.2, 0.25) is 0 Å². The number of guanidine groups is 1. The molecule has 0 bridgehead atoms. The summed E-state index contributed by atoms with van der Waals surface area (Å²) in [6.07, 6.45) is 6.90. The number of hydrogen-bond donors (Lipinski definition) is 2. The predicted octanol–water partition coefficient (Wildman–Crippen LogP) is 2.97. The molecule has 1 aliphatic carbocycles. The fraction of sp³-hybridized carbons (Fsp3) is 0.750. The SMILES string of the molecule is CCNC(=NCc1ncc(C(C)(C)C)o1)NC1CCCC1. The highest BCUT2D eigenvalue weighted by atomic mass is 16.4. The van der Waals surface area contributed by atoms with Crippen molar-refractivity contribution < 1.29 is 4.42 Å². The van der Waals surface area contributed by atoms with Crippen molar-refractivity contribution in [2.24, 2.45) is 4.99 Å². The summed E-state index contributed by atoms with van der Waals surface area (Å²) < 4.78 is 5.77. The molecule has 5 heteroatoms. The first-order chi connectivity index (χ1) is 9.99. The number of nitrogens with one attached hydrogen (secondary N) is 2. The minimum Gasteiger partial charge on any atom is -0.443 e.